The minimum Gasteiger partial charge on any atom is -0.445 e. The molecular formula is C32H43N5O11S. The van der Waals surface area contributed by atoms with Gasteiger partial charge in [-0.2, -0.15) is 8.42 Å². The molecule has 1 heterocycles. The second-order valence-corrected chi connectivity index (χ2v) is 13.0. The van der Waals surface area contributed by atoms with Gasteiger partial charge in [0.2, 0.25) is 17.7 Å². The van der Waals surface area contributed by atoms with Gasteiger partial charge in [-0.1, -0.05) is 38.2 Å². The number of nitrogens with two attached hydrogens (primary N) is 1. The number of hydrogen-bond donors (Lipinski definition) is 5. The number of unbranched alkanes of at least 4 members (excludes halogenated alkanes) is 2. The van der Waals surface area contributed by atoms with E-state index in [4.69, 9.17) is 19.8 Å². The summed E-state index contributed by atoms with van der Waals surface area (Å²) in [5.74, 6) is 2.67. The fourth-order valence-corrected chi connectivity index (χ4v) is 4.91. The summed E-state index contributed by atoms with van der Waals surface area (Å²) in [6.07, 6.45) is 3.28. The van der Waals surface area contributed by atoms with Gasteiger partial charge in [0.25, 0.3) is 21.9 Å². The zero-order chi connectivity index (χ0) is 36.6. The van der Waals surface area contributed by atoms with E-state index in [1.165, 1.54) is 31.2 Å². The molecule has 49 heavy (non-hydrogen) atoms. The van der Waals surface area contributed by atoms with Crippen LogP contribution >= 0.6 is 0 Å². The number of nitrogens with zero attached hydrogens (tertiary/aromatic N) is 1. The van der Waals surface area contributed by atoms with Crippen LogP contribution < -0.4 is 21.7 Å². The maximum absolute atomic E-state index is 13.1. The Balaban J connectivity index is 1.92. The summed E-state index contributed by atoms with van der Waals surface area (Å²) in [6, 6.07) is 2.71. The molecule has 17 heteroatoms. The van der Waals surface area contributed by atoms with E-state index in [9.17, 15) is 37.2 Å². The van der Waals surface area contributed by atoms with Crippen LogP contribution in [-0.2, 0) is 50.2 Å². The van der Waals surface area contributed by atoms with Crippen molar-refractivity contribution in [2.24, 2.45) is 11.7 Å². The molecule has 0 saturated carbocycles. The molecule has 16 nitrogen and oxygen atoms in total. The topological polar surface area (TPSA) is 241 Å². The average molecular weight is 706 g/mol. The van der Waals surface area contributed by atoms with E-state index in [0.29, 0.717) is 36.1 Å². The number of hydrogen-bond acceptors (Lipinski definition) is 10. The Labute approximate surface area is 285 Å². The van der Waals surface area contributed by atoms with Crippen molar-refractivity contribution in [3.63, 3.8) is 0 Å². The lowest BCUT2D eigenvalue weighted by atomic mass is 10.0. The predicted molar refractivity (Wildman–Crippen MR) is 177 cm³/mol. The number of rotatable bonds is 19. The molecule has 1 aromatic rings. The molecule has 1 aromatic carbocycles. The molecule has 0 unspecified atom stereocenters. The van der Waals surface area contributed by atoms with Crippen molar-refractivity contribution in [3.8, 4) is 11.8 Å². The van der Waals surface area contributed by atoms with Crippen molar-refractivity contribution >= 4 is 51.4 Å². The minimum absolute atomic E-state index is 0.0402. The van der Waals surface area contributed by atoms with Crippen molar-refractivity contribution in [2.45, 2.75) is 71.6 Å². The molecule has 0 bridgehead atoms. The van der Waals surface area contributed by atoms with Crippen LogP contribution in [-0.4, -0.2) is 91.1 Å². The Hall–Kier alpha value is -4.79. The van der Waals surface area contributed by atoms with E-state index in [0.717, 1.165) is 4.90 Å². The first-order valence-electron chi connectivity index (χ1n) is 15.6. The van der Waals surface area contributed by atoms with E-state index < -0.39 is 45.9 Å². The summed E-state index contributed by atoms with van der Waals surface area (Å²) in [5.41, 5.74) is 6.23. The molecule has 1 aliphatic heterocycles. The number of anilines is 1. The smallest absolute Gasteiger partial charge is 0.404 e. The Kier molecular flexibility index (Phi) is 16.4. The molecule has 0 aromatic heterocycles. The zero-order valence-electron chi connectivity index (χ0n) is 27.7. The van der Waals surface area contributed by atoms with Crippen molar-refractivity contribution in [1.29, 1.82) is 0 Å². The number of imide groups is 1. The molecule has 6 N–H and O–H groups in total. The Morgan fingerprint density at radius 2 is 1.67 bits per heavy atom. The average Bonchev–Trinajstić information content (AvgIpc) is 3.34. The number of carbonyl (C=O) groups excluding carboxylic acids is 6. The minimum atomic E-state index is -4.09. The van der Waals surface area contributed by atoms with E-state index in [1.54, 1.807) is 19.9 Å². The first kappa shape index (κ1) is 40.4. The number of primary amides is 1. The van der Waals surface area contributed by atoms with Gasteiger partial charge in [-0.25, -0.2) is 4.79 Å². The Morgan fingerprint density at radius 1 is 0.980 bits per heavy atom. The van der Waals surface area contributed by atoms with Gasteiger partial charge >= 0.3 is 6.09 Å². The second kappa shape index (κ2) is 19.9. The van der Waals surface area contributed by atoms with Gasteiger partial charge < -0.3 is 31.2 Å². The summed E-state index contributed by atoms with van der Waals surface area (Å²) >= 11 is 0. The van der Waals surface area contributed by atoms with Gasteiger partial charge in [-0.15, -0.1) is 0 Å². The van der Waals surface area contributed by atoms with Crippen molar-refractivity contribution in [3.05, 3.63) is 41.5 Å². The number of amides is 6. The highest BCUT2D eigenvalue weighted by Crippen LogP contribution is 2.17. The normalized spacial score (nSPS) is 13.8. The van der Waals surface area contributed by atoms with E-state index in [-0.39, 0.29) is 62.8 Å². The fourth-order valence-electron chi connectivity index (χ4n) is 4.43. The number of nitrogens with one attached hydrogen (secondary N) is 3. The third-order valence-corrected chi connectivity index (χ3v) is 7.84. The van der Waals surface area contributed by atoms with Gasteiger partial charge in [0.05, 0.1) is 5.75 Å². The molecule has 0 saturated heterocycles. The van der Waals surface area contributed by atoms with Gasteiger partial charge in [0.1, 0.15) is 25.3 Å². The maximum Gasteiger partial charge on any atom is 0.404 e. The van der Waals surface area contributed by atoms with E-state index in [1.807, 2.05) is 0 Å². The van der Waals surface area contributed by atoms with Crippen LogP contribution in [0.25, 0.3) is 0 Å². The van der Waals surface area contributed by atoms with E-state index >= 15 is 0 Å². The summed E-state index contributed by atoms with van der Waals surface area (Å²) < 4.78 is 40.5. The summed E-state index contributed by atoms with van der Waals surface area (Å²) in [7, 11) is -4.09. The van der Waals surface area contributed by atoms with Crippen LogP contribution in [0.3, 0.4) is 0 Å². The van der Waals surface area contributed by atoms with Crippen molar-refractivity contribution in [1.82, 2.24) is 15.5 Å². The molecule has 0 aliphatic carbocycles. The predicted octanol–water partition coefficient (Wildman–Crippen LogP) is 0.997. The SMILES string of the molecule is CC(C)[C@H](NC(=O)CCCCCN1C(=O)C=CC1=O)C(=O)N[C@@H](C)C(=O)Nc1ccc(COC(N)=O)c(C#CCOCCCS(=O)(=O)O)c1. The third kappa shape index (κ3) is 15.3. The van der Waals surface area contributed by atoms with Crippen LogP contribution in [0, 0.1) is 17.8 Å². The Morgan fingerprint density at radius 3 is 2.31 bits per heavy atom. The fraction of sp³-hybridized carbons (Fsp3) is 0.500. The van der Waals surface area contributed by atoms with Crippen LogP contribution in [0.5, 0.6) is 0 Å². The summed E-state index contributed by atoms with van der Waals surface area (Å²) in [4.78, 5) is 74.1. The largest absolute Gasteiger partial charge is 0.445 e. The van der Waals surface area contributed by atoms with Crippen molar-refractivity contribution < 1.29 is 51.2 Å². The maximum atomic E-state index is 13.1. The second-order valence-electron chi connectivity index (χ2n) is 11.5. The molecule has 1 aliphatic rings. The van der Waals surface area contributed by atoms with Gasteiger partial charge in [-0.05, 0) is 44.2 Å². The van der Waals surface area contributed by atoms with Gasteiger partial charge in [-0.3, -0.25) is 33.4 Å². The number of carbonyl (C=O) groups is 6. The third-order valence-electron chi connectivity index (χ3n) is 7.04. The molecule has 2 atom stereocenters. The van der Waals surface area contributed by atoms with Crippen LogP contribution in [0.1, 0.15) is 64.0 Å². The molecule has 2 rings (SSSR count). The monoisotopic (exact) mass is 705 g/mol. The molecule has 0 spiro atoms. The lowest BCUT2D eigenvalue weighted by Gasteiger charge is -2.24. The lowest BCUT2D eigenvalue weighted by molar-refractivity contribution is -0.137. The Bertz CT molecular complexity index is 1560. The first-order chi connectivity index (χ1) is 23.1. The quantitative estimate of drug-likeness (QED) is 0.0589. The van der Waals surface area contributed by atoms with Crippen LogP contribution in [0.2, 0.25) is 0 Å². The highest BCUT2D eigenvalue weighted by atomic mass is 32.2. The summed E-state index contributed by atoms with van der Waals surface area (Å²) in [6.45, 7) is 5.02. The molecule has 268 valence electrons. The van der Waals surface area contributed by atoms with Crippen LogP contribution in [0.15, 0.2) is 30.4 Å². The zero-order valence-corrected chi connectivity index (χ0v) is 28.5. The number of ether oxygens (including phenoxy) is 2. The lowest BCUT2D eigenvalue weighted by Crippen LogP contribution is -2.53. The molecule has 0 radical (unpaired) electrons. The van der Waals surface area contributed by atoms with Crippen molar-refractivity contribution in [2.75, 3.05) is 30.8 Å². The highest BCUT2D eigenvalue weighted by molar-refractivity contribution is 7.85. The molecule has 6 amide bonds. The number of benzene rings is 1. The molecule has 0 fully saturated rings. The molecular weight excluding hydrogens is 662 g/mol. The van der Waals surface area contributed by atoms with Gasteiger partial charge in [0.15, 0.2) is 0 Å². The highest BCUT2D eigenvalue weighted by Gasteiger charge is 2.27. The summed E-state index contributed by atoms with van der Waals surface area (Å²) in [5, 5.41) is 8.02. The van der Waals surface area contributed by atoms with Gasteiger partial charge in [0, 0.05) is 48.5 Å². The van der Waals surface area contributed by atoms with Crippen LogP contribution in [0.4, 0.5) is 10.5 Å². The standard InChI is InChI=1S/C32H43N5O11S/c1-21(2)29(36-26(38)10-5-4-6-15-37-27(39)13-14-28(37)40)31(42)34-22(3)30(41)35-25-12-11-24(20-48-32(33)43)23(19-25)9-7-16-47-17-8-18-49(44,45)46/h11-14,19,21-22,29H,4-6,8,10,15-18,20H2,1-3H3,(H2,33,43)(H,34,42)(H,35,41)(H,36,38)(H,44,45,46)/t22-,29-/m0/s1. The first-order valence-corrected chi connectivity index (χ1v) is 17.2. The van der Waals surface area contributed by atoms with E-state index in [2.05, 4.69) is 27.8 Å².